The molecule has 2 nitrogen and oxygen atoms in total. The summed E-state index contributed by atoms with van der Waals surface area (Å²) in [6.07, 6.45) is 1.72. The number of benzene rings is 1. The van der Waals surface area contributed by atoms with E-state index in [-0.39, 0.29) is 6.04 Å². The van der Waals surface area contributed by atoms with Gasteiger partial charge in [-0.3, -0.25) is 0 Å². The highest BCUT2D eigenvalue weighted by molar-refractivity contribution is 9.10. The lowest BCUT2D eigenvalue weighted by atomic mass is 10.1. The Kier molecular flexibility index (Phi) is 3.75. The summed E-state index contributed by atoms with van der Waals surface area (Å²) in [5.41, 5.74) is 6.59. The van der Waals surface area contributed by atoms with Crippen molar-refractivity contribution in [3.63, 3.8) is 0 Å². The molecule has 0 heterocycles. The third-order valence-corrected chi connectivity index (χ3v) is 2.40. The van der Waals surface area contributed by atoms with Crippen LogP contribution in [-0.2, 0) is 6.42 Å². The van der Waals surface area contributed by atoms with E-state index in [9.17, 15) is 5.11 Å². The van der Waals surface area contributed by atoms with E-state index >= 15 is 0 Å². The average Bonchev–Trinajstić information content (AvgIpc) is 2.06. The van der Waals surface area contributed by atoms with Crippen LogP contribution in [0.1, 0.15) is 18.9 Å². The Labute approximate surface area is 86.9 Å². The predicted molar refractivity (Wildman–Crippen MR) is 57.8 cm³/mol. The van der Waals surface area contributed by atoms with E-state index in [4.69, 9.17) is 5.73 Å². The molecule has 0 saturated carbocycles. The lowest BCUT2D eigenvalue weighted by Crippen LogP contribution is -2.15. The molecule has 0 radical (unpaired) electrons. The van der Waals surface area contributed by atoms with Crippen LogP contribution in [0, 0.1) is 0 Å². The van der Waals surface area contributed by atoms with Crippen molar-refractivity contribution in [2.45, 2.75) is 25.8 Å². The SMILES string of the molecule is C[C@H](N)CCc1cc(Br)ccc1O. The van der Waals surface area contributed by atoms with Gasteiger partial charge in [0.25, 0.3) is 0 Å². The van der Waals surface area contributed by atoms with Gasteiger partial charge < -0.3 is 10.8 Å². The van der Waals surface area contributed by atoms with Gasteiger partial charge in [0, 0.05) is 10.5 Å². The van der Waals surface area contributed by atoms with Crippen molar-refractivity contribution in [2.24, 2.45) is 5.73 Å². The molecule has 0 unspecified atom stereocenters. The van der Waals surface area contributed by atoms with Crippen LogP contribution in [0.2, 0.25) is 0 Å². The van der Waals surface area contributed by atoms with E-state index in [0.29, 0.717) is 5.75 Å². The minimum absolute atomic E-state index is 0.179. The first-order chi connectivity index (χ1) is 6.09. The molecule has 0 aromatic heterocycles. The van der Waals surface area contributed by atoms with Crippen molar-refractivity contribution in [3.8, 4) is 5.75 Å². The lowest BCUT2D eigenvalue weighted by Gasteiger charge is -2.07. The van der Waals surface area contributed by atoms with E-state index in [1.807, 2.05) is 19.1 Å². The first-order valence-corrected chi connectivity index (χ1v) is 5.12. The average molecular weight is 244 g/mol. The van der Waals surface area contributed by atoms with Gasteiger partial charge in [0.1, 0.15) is 5.75 Å². The smallest absolute Gasteiger partial charge is 0.118 e. The number of aryl methyl sites for hydroxylation is 1. The molecule has 1 aromatic carbocycles. The van der Waals surface area contributed by atoms with Crippen LogP contribution >= 0.6 is 15.9 Å². The fourth-order valence-electron chi connectivity index (χ4n) is 1.14. The second-order valence-electron chi connectivity index (χ2n) is 3.29. The highest BCUT2D eigenvalue weighted by Crippen LogP contribution is 2.23. The minimum atomic E-state index is 0.179. The number of halogens is 1. The number of hydrogen-bond acceptors (Lipinski definition) is 2. The Morgan fingerprint density at radius 1 is 1.54 bits per heavy atom. The van der Waals surface area contributed by atoms with Crippen molar-refractivity contribution in [2.75, 3.05) is 0 Å². The highest BCUT2D eigenvalue weighted by atomic mass is 79.9. The fraction of sp³-hybridized carbons (Fsp3) is 0.400. The van der Waals surface area contributed by atoms with E-state index in [0.717, 1.165) is 22.9 Å². The molecule has 0 aliphatic carbocycles. The predicted octanol–water partition coefficient (Wildman–Crippen LogP) is 2.43. The van der Waals surface area contributed by atoms with E-state index in [2.05, 4.69) is 15.9 Å². The summed E-state index contributed by atoms with van der Waals surface area (Å²) in [5.74, 6) is 0.351. The van der Waals surface area contributed by atoms with E-state index in [1.165, 1.54) is 0 Å². The molecule has 1 aromatic rings. The molecule has 0 aliphatic rings. The van der Waals surface area contributed by atoms with Crippen molar-refractivity contribution in [1.82, 2.24) is 0 Å². The molecule has 0 amide bonds. The van der Waals surface area contributed by atoms with Crippen LogP contribution < -0.4 is 5.73 Å². The molecule has 3 N–H and O–H groups in total. The largest absolute Gasteiger partial charge is 0.508 e. The molecule has 13 heavy (non-hydrogen) atoms. The van der Waals surface area contributed by atoms with Crippen molar-refractivity contribution in [1.29, 1.82) is 0 Å². The zero-order chi connectivity index (χ0) is 9.84. The van der Waals surface area contributed by atoms with Crippen LogP contribution in [0.3, 0.4) is 0 Å². The van der Waals surface area contributed by atoms with Crippen molar-refractivity contribution < 1.29 is 5.11 Å². The fourth-order valence-corrected chi connectivity index (χ4v) is 1.55. The Morgan fingerprint density at radius 2 is 2.23 bits per heavy atom. The molecule has 0 bridgehead atoms. The number of rotatable bonds is 3. The number of nitrogens with two attached hydrogens (primary N) is 1. The zero-order valence-electron chi connectivity index (χ0n) is 7.63. The maximum absolute atomic E-state index is 9.49. The van der Waals surface area contributed by atoms with Gasteiger partial charge >= 0.3 is 0 Å². The molecule has 3 heteroatoms. The van der Waals surface area contributed by atoms with Gasteiger partial charge in [0.05, 0.1) is 0 Å². The first kappa shape index (κ1) is 10.5. The Balaban J connectivity index is 2.70. The van der Waals surface area contributed by atoms with Gasteiger partial charge in [-0.2, -0.15) is 0 Å². The molecule has 0 spiro atoms. The second kappa shape index (κ2) is 4.63. The van der Waals surface area contributed by atoms with Crippen LogP contribution in [-0.4, -0.2) is 11.1 Å². The molecule has 1 rings (SSSR count). The molecule has 1 atom stereocenters. The Morgan fingerprint density at radius 3 is 2.85 bits per heavy atom. The second-order valence-corrected chi connectivity index (χ2v) is 4.20. The maximum atomic E-state index is 9.49. The number of phenols is 1. The maximum Gasteiger partial charge on any atom is 0.118 e. The van der Waals surface area contributed by atoms with Gasteiger partial charge in [-0.15, -0.1) is 0 Å². The first-order valence-electron chi connectivity index (χ1n) is 4.32. The van der Waals surface area contributed by atoms with Crippen molar-refractivity contribution >= 4 is 15.9 Å². The summed E-state index contributed by atoms with van der Waals surface area (Å²) in [7, 11) is 0. The monoisotopic (exact) mass is 243 g/mol. The molecular weight excluding hydrogens is 230 g/mol. The summed E-state index contributed by atoms with van der Waals surface area (Å²) >= 11 is 3.36. The van der Waals surface area contributed by atoms with Crippen LogP contribution in [0.15, 0.2) is 22.7 Å². The summed E-state index contributed by atoms with van der Waals surface area (Å²) in [6, 6.07) is 5.63. The summed E-state index contributed by atoms with van der Waals surface area (Å²) in [5, 5.41) is 9.49. The Hall–Kier alpha value is -0.540. The Bertz CT molecular complexity index is 286. The number of hydrogen-bond donors (Lipinski definition) is 2. The van der Waals surface area contributed by atoms with Gasteiger partial charge in [0.15, 0.2) is 0 Å². The molecular formula is C10H14BrNO. The quantitative estimate of drug-likeness (QED) is 0.857. The van der Waals surface area contributed by atoms with Crippen molar-refractivity contribution in [3.05, 3.63) is 28.2 Å². The summed E-state index contributed by atoms with van der Waals surface area (Å²) in [6.45, 7) is 1.97. The summed E-state index contributed by atoms with van der Waals surface area (Å²) in [4.78, 5) is 0. The molecule has 0 fully saturated rings. The van der Waals surface area contributed by atoms with Crippen LogP contribution in [0.25, 0.3) is 0 Å². The normalized spacial score (nSPS) is 12.8. The molecule has 0 aliphatic heterocycles. The van der Waals surface area contributed by atoms with Crippen LogP contribution in [0.5, 0.6) is 5.75 Å². The summed E-state index contributed by atoms with van der Waals surface area (Å²) < 4.78 is 0.991. The zero-order valence-corrected chi connectivity index (χ0v) is 9.21. The number of phenolic OH excluding ortho intramolecular Hbond substituents is 1. The lowest BCUT2D eigenvalue weighted by molar-refractivity contribution is 0.465. The van der Waals surface area contributed by atoms with Gasteiger partial charge in [0.2, 0.25) is 0 Å². The molecule has 0 saturated heterocycles. The van der Waals surface area contributed by atoms with E-state index < -0.39 is 0 Å². The number of aromatic hydroxyl groups is 1. The van der Waals surface area contributed by atoms with Gasteiger partial charge in [-0.25, -0.2) is 0 Å². The highest BCUT2D eigenvalue weighted by Gasteiger charge is 2.03. The van der Waals surface area contributed by atoms with Gasteiger partial charge in [-0.05, 0) is 43.5 Å². The van der Waals surface area contributed by atoms with E-state index in [1.54, 1.807) is 6.07 Å². The standard InChI is InChI=1S/C10H14BrNO/c1-7(12)2-3-8-6-9(11)4-5-10(8)13/h4-7,13H,2-3,12H2,1H3/t7-/m0/s1. The molecule has 72 valence electrons. The third kappa shape index (κ3) is 3.36. The minimum Gasteiger partial charge on any atom is -0.508 e. The third-order valence-electron chi connectivity index (χ3n) is 1.91. The van der Waals surface area contributed by atoms with Gasteiger partial charge in [-0.1, -0.05) is 15.9 Å². The van der Waals surface area contributed by atoms with Crippen LogP contribution in [0.4, 0.5) is 0 Å². The topological polar surface area (TPSA) is 46.2 Å².